The number of pyridine rings is 1. The van der Waals surface area contributed by atoms with Gasteiger partial charge in [-0.05, 0) is 42.3 Å². The predicted molar refractivity (Wildman–Crippen MR) is 78.7 cm³/mol. The van der Waals surface area contributed by atoms with Crippen molar-refractivity contribution >= 4 is 18.5 Å². The molecule has 4 heteroatoms. The van der Waals surface area contributed by atoms with Gasteiger partial charge in [0.15, 0.2) is 0 Å². The van der Waals surface area contributed by atoms with E-state index in [1.807, 2.05) is 49.4 Å². The van der Waals surface area contributed by atoms with Crippen LogP contribution in [0.1, 0.15) is 12.5 Å². The smallest absolute Gasteiger partial charge is 0.145 e. The fourth-order valence-corrected chi connectivity index (χ4v) is 1.51. The Labute approximate surface area is 119 Å². The van der Waals surface area contributed by atoms with Crippen LogP contribution in [0.25, 0.3) is 6.08 Å². The lowest BCUT2D eigenvalue weighted by Crippen LogP contribution is -1.86. The molecule has 0 aliphatic carbocycles. The van der Waals surface area contributed by atoms with Crippen LogP contribution >= 0.6 is 12.4 Å². The van der Waals surface area contributed by atoms with Gasteiger partial charge in [0, 0.05) is 6.20 Å². The first-order chi connectivity index (χ1) is 8.78. The van der Waals surface area contributed by atoms with Crippen molar-refractivity contribution in [3.63, 3.8) is 0 Å². The molecule has 0 fully saturated rings. The maximum absolute atomic E-state index is 8.95. The Bertz CT molecular complexity index is 524. The summed E-state index contributed by atoms with van der Waals surface area (Å²) in [4.78, 5) is 3.99. The van der Waals surface area contributed by atoms with Gasteiger partial charge in [-0.25, -0.2) is 0 Å². The zero-order valence-corrected chi connectivity index (χ0v) is 11.4. The molecule has 3 nitrogen and oxygen atoms in total. The molecule has 1 aromatic heterocycles. The van der Waals surface area contributed by atoms with Crippen molar-refractivity contribution in [2.24, 2.45) is 0 Å². The van der Waals surface area contributed by atoms with E-state index in [-0.39, 0.29) is 19.0 Å². The lowest BCUT2D eigenvalue weighted by molar-refractivity contribution is 0.332. The van der Waals surface area contributed by atoms with Crippen LogP contribution in [0.15, 0.2) is 54.4 Å². The van der Waals surface area contributed by atoms with E-state index in [0.29, 0.717) is 5.75 Å². The van der Waals surface area contributed by atoms with E-state index in [1.54, 1.807) is 12.4 Å². The van der Waals surface area contributed by atoms with Gasteiger partial charge in [0.05, 0.1) is 12.8 Å². The maximum Gasteiger partial charge on any atom is 0.145 e. The van der Waals surface area contributed by atoms with Crippen LogP contribution in [0.2, 0.25) is 0 Å². The predicted octanol–water partition coefficient (Wildman–Crippen LogP) is 3.69. The fraction of sp³-hybridized carbons (Fsp3) is 0.133. The molecule has 2 rings (SSSR count). The summed E-state index contributed by atoms with van der Waals surface area (Å²) in [6, 6.07) is 11.4. The van der Waals surface area contributed by atoms with Crippen molar-refractivity contribution in [2.75, 3.05) is 6.61 Å². The third kappa shape index (κ3) is 4.73. The molecule has 0 aliphatic heterocycles. The molecule has 2 aromatic rings. The molecule has 19 heavy (non-hydrogen) atoms. The minimum Gasteiger partial charge on any atom is -0.456 e. The molecule has 0 amide bonds. The lowest BCUT2D eigenvalue weighted by Gasteiger charge is -2.05. The zero-order valence-electron chi connectivity index (χ0n) is 10.6. The largest absolute Gasteiger partial charge is 0.456 e. The molecule has 100 valence electrons. The maximum atomic E-state index is 8.95. The van der Waals surface area contributed by atoms with Crippen LogP contribution in [0.4, 0.5) is 0 Å². The Balaban J connectivity index is 0.00000180. The molecular weight excluding hydrogens is 262 g/mol. The monoisotopic (exact) mass is 277 g/mol. The summed E-state index contributed by atoms with van der Waals surface area (Å²) in [5.74, 6) is 1.48. The van der Waals surface area contributed by atoms with E-state index >= 15 is 0 Å². The summed E-state index contributed by atoms with van der Waals surface area (Å²) in [6.45, 7) is 1.97. The summed E-state index contributed by atoms with van der Waals surface area (Å²) in [6.07, 6.45) is 5.32. The van der Waals surface area contributed by atoms with Crippen LogP contribution in [0.3, 0.4) is 0 Å². The van der Waals surface area contributed by atoms with Crippen LogP contribution in [-0.4, -0.2) is 16.7 Å². The minimum absolute atomic E-state index is 0. The standard InChI is InChI=1S/C15H15NO2.ClH/c1-12(11-17)9-13-4-6-14(7-5-13)18-15-3-2-8-16-10-15;/h2-10,17H,11H2,1H3;1H. The molecule has 0 bridgehead atoms. The second kappa shape index (κ2) is 7.56. The van der Waals surface area contributed by atoms with Crippen molar-refractivity contribution in [2.45, 2.75) is 6.92 Å². The van der Waals surface area contributed by atoms with E-state index in [2.05, 4.69) is 4.98 Å². The number of rotatable bonds is 4. The number of aliphatic hydroxyl groups excluding tert-OH is 1. The van der Waals surface area contributed by atoms with Crippen molar-refractivity contribution in [1.82, 2.24) is 4.98 Å². The summed E-state index contributed by atoms with van der Waals surface area (Å²) in [7, 11) is 0. The van der Waals surface area contributed by atoms with Gasteiger partial charge >= 0.3 is 0 Å². The number of halogens is 1. The molecule has 0 aliphatic rings. The highest BCUT2D eigenvalue weighted by atomic mass is 35.5. The molecule has 1 heterocycles. The highest BCUT2D eigenvalue weighted by molar-refractivity contribution is 5.85. The topological polar surface area (TPSA) is 42.4 Å². The molecule has 0 unspecified atom stereocenters. The van der Waals surface area contributed by atoms with Crippen LogP contribution in [0.5, 0.6) is 11.5 Å². The Morgan fingerprint density at radius 2 is 1.95 bits per heavy atom. The molecule has 1 aromatic carbocycles. The third-order valence-corrected chi connectivity index (χ3v) is 2.41. The van der Waals surface area contributed by atoms with Gasteiger partial charge in [0.25, 0.3) is 0 Å². The summed E-state index contributed by atoms with van der Waals surface area (Å²) in [5, 5.41) is 8.95. The van der Waals surface area contributed by atoms with Crippen molar-refractivity contribution < 1.29 is 9.84 Å². The van der Waals surface area contributed by atoms with Gasteiger partial charge in [-0.2, -0.15) is 0 Å². The number of benzene rings is 1. The second-order valence-corrected chi connectivity index (χ2v) is 4.01. The minimum atomic E-state index is 0. The lowest BCUT2D eigenvalue weighted by atomic mass is 10.1. The van der Waals surface area contributed by atoms with E-state index in [9.17, 15) is 0 Å². The molecule has 0 spiro atoms. The Morgan fingerprint density at radius 3 is 2.53 bits per heavy atom. The highest BCUT2D eigenvalue weighted by Crippen LogP contribution is 2.21. The van der Waals surface area contributed by atoms with Gasteiger partial charge in [0.1, 0.15) is 11.5 Å². The van der Waals surface area contributed by atoms with Crippen molar-refractivity contribution in [3.8, 4) is 11.5 Å². The SMILES string of the molecule is CC(=Cc1ccc(Oc2cccnc2)cc1)CO.Cl. The number of hydrogen-bond donors (Lipinski definition) is 1. The Morgan fingerprint density at radius 1 is 1.21 bits per heavy atom. The van der Waals surface area contributed by atoms with Gasteiger partial charge in [-0.1, -0.05) is 18.2 Å². The number of nitrogens with zero attached hydrogens (tertiary/aromatic N) is 1. The second-order valence-electron chi connectivity index (χ2n) is 4.01. The van der Waals surface area contributed by atoms with Crippen LogP contribution < -0.4 is 4.74 Å². The van der Waals surface area contributed by atoms with E-state index < -0.39 is 0 Å². The third-order valence-electron chi connectivity index (χ3n) is 2.41. The van der Waals surface area contributed by atoms with E-state index in [0.717, 1.165) is 16.9 Å². The molecule has 0 saturated heterocycles. The number of aromatic nitrogens is 1. The summed E-state index contributed by atoms with van der Waals surface area (Å²) in [5.41, 5.74) is 1.97. The molecule has 0 saturated carbocycles. The van der Waals surface area contributed by atoms with Crippen LogP contribution in [0, 0.1) is 0 Å². The van der Waals surface area contributed by atoms with E-state index in [1.165, 1.54) is 0 Å². The zero-order chi connectivity index (χ0) is 12.8. The Kier molecular flexibility index (Phi) is 6.06. The number of ether oxygens (including phenoxy) is 1. The molecule has 0 atom stereocenters. The van der Waals surface area contributed by atoms with Gasteiger partial charge < -0.3 is 9.84 Å². The quantitative estimate of drug-likeness (QED) is 0.927. The highest BCUT2D eigenvalue weighted by Gasteiger charge is 1.97. The molecular formula is C15H16ClNO2. The average Bonchev–Trinajstić information content (AvgIpc) is 2.42. The summed E-state index contributed by atoms with van der Waals surface area (Å²) < 4.78 is 5.63. The van der Waals surface area contributed by atoms with Crippen LogP contribution in [-0.2, 0) is 0 Å². The van der Waals surface area contributed by atoms with E-state index in [4.69, 9.17) is 9.84 Å². The first-order valence-corrected chi connectivity index (χ1v) is 5.74. The van der Waals surface area contributed by atoms with Crippen molar-refractivity contribution in [3.05, 3.63) is 59.9 Å². The number of hydrogen-bond acceptors (Lipinski definition) is 3. The first-order valence-electron chi connectivity index (χ1n) is 5.74. The molecule has 0 radical (unpaired) electrons. The normalized spacial score (nSPS) is 10.7. The van der Waals surface area contributed by atoms with Gasteiger partial charge in [-0.3, -0.25) is 4.98 Å². The Hall–Kier alpha value is -1.84. The average molecular weight is 278 g/mol. The fourth-order valence-electron chi connectivity index (χ4n) is 1.51. The summed E-state index contributed by atoms with van der Waals surface area (Å²) >= 11 is 0. The van der Waals surface area contributed by atoms with Gasteiger partial charge in [-0.15, -0.1) is 12.4 Å². The number of aliphatic hydroxyl groups is 1. The van der Waals surface area contributed by atoms with Gasteiger partial charge in [0.2, 0.25) is 0 Å². The van der Waals surface area contributed by atoms with Crippen molar-refractivity contribution in [1.29, 1.82) is 0 Å². The first kappa shape index (κ1) is 15.2. The molecule has 1 N–H and O–H groups in total.